The molecule has 0 saturated heterocycles. The molecule has 0 fully saturated rings. The van der Waals surface area contributed by atoms with Gasteiger partial charge in [0.2, 0.25) is 0 Å². The smallest absolute Gasteiger partial charge is 0.101 e. The highest BCUT2D eigenvalue weighted by Gasteiger charge is 2.19. The Bertz CT molecular complexity index is 1640. The molecule has 0 aliphatic carbocycles. The molecule has 2 aromatic heterocycles. The molecule has 0 aliphatic heterocycles. The largest absolute Gasteiger partial charge is 0.255 e. The van der Waals surface area contributed by atoms with Crippen LogP contribution in [0.2, 0.25) is 0 Å². The average Bonchev–Trinajstić information content (AvgIpc) is 3.22. The molecule has 36 heavy (non-hydrogen) atoms. The molecule has 0 N–H and O–H groups in total. The maximum Gasteiger partial charge on any atom is 0.101 e. The van der Waals surface area contributed by atoms with Crippen LogP contribution < -0.4 is 0 Å². The molecule has 0 atom stereocenters. The molecule has 0 aliphatic rings. The summed E-state index contributed by atoms with van der Waals surface area (Å²) in [5.74, 6) is 0. The van der Waals surface area contributed by atoms with E-state index in [1.165, 1.54) is 31.3 Å². The zero-order valence-corrected chi connectivity index (χ0v) is 22.8. The first kappa shape index (κ1) is 24.2. The van der Waals surface area contributed by atoms with E-state index in [9.17, 15) is 5.26 Å². The molecule has 0 unspecified atom stereocenters. The molecule has 3 aromatic carbocycles. The van der Waals surface area contributed by atoms with Gasteiger partial charge in [-0.1, -0.05) is 77.9 Å². The average molecular weight is 489 g/mol. The van der Waals surface area contributed by atoms with Gasteiger partial charge >= 0.3 is 0 Å². The lowest BCUT2D eigenvalue weighted by Gasteiger charge is -2.23. The van der Waals surface area contributed by atoms with Crippen molar-refractivity contribution >= 4 is 32.2 Å². The van der Waals surface area contributed by atoms with Crippen molar-refractivity contribution in [1.82, 2.24) is 4.98 Å². The first-order valence-corrected chi connectivity index (χ1v) is 13.3. The first-order chi connectivity index (χ1) is 17.0. The van der Waals surface area contributed by atoms with Crippen LogP contribution in [0, 0.1) is 16.7 Å². The first-order valence-electron chi connectivity index (χ1n) is 12.5. The summed E-state index contributed by atoms with van der Waals surface area (Å²) in [5, 5.41) is 13.6. The van der Waals surface area contributed by atoms with E-state index in [0.717, 1.165) is 28.8 Å². The zero-order chi connectivity index (χ0) is 25.7. The molecule has 3 heteroatoms. The number of fused-ring (bicyclic) bond motifs is 2. The van der Waals surface area contributed by atoms with Crippen molar-refractivity contribution in [2.24, 2.45) is 5.41 Å². The second kappa shape index (κ2) is 8.87. The predicted molar refractivity (Wildman–Crippen MR) is 155 cm³/mol. The Morgan fingerprint density at radius 2 is 1.61 bits per heavy atom. The third-order valence-corrected chi connectivity index (χ3v) is 7.67. The number of rotatable bonds is 3. The van der Waals surface area contributed by atoms with E-state index in [4.69, 9.17) is 4.98 Å². The van der Waals surface area contributed by atoms with Crippen molar-refractivity contribution < 1.29 is 0 Å². The Kier molecular flexibility index (Phi) is 5.97. The molecule has 0 spiro atoms. The molecular weight excluding hydrogens is 456 g/mol. The van der Waals surface area contributed by atoms with Gasteiger partial charge in [-0.3, -0.25) is 4.98 Å². The number of hydrogen-bond donors (Lipinski definition) is 0. The van der Waals surface area contributed by atoms with Gasteiger partial charge in [0, 0.05) is 26.9 Å². The lowest BCUT2D eigenvalue weighted by Crippen LogP contribution is -2.12. The molecule has 180 valence electrons. The quantitative estimate of drug-likeness (QED) is 0.253. The molecule has 5 rings (SSSR count). The van der Waals surface area contributed by atoms with Gasteiger partial charge in [-0.2, -0.15) is 5.26 Å². The van der Waals surface area contributed by atoms with Crippen molar-refractivity contribution in [2.75, 3.05) is 0 Å². The van der Waals surface area contributed by atoms with Gasteiger partial charge in [0.15, 0.2) is 0 Å². The maximum absolute atomic E-state index is 9.89. The SMILES string of the molecule is CC(C)(C)Cc1cc2ccc(-c3cc(-c4cc(C(C)(C)C)c5ccccc5c4)ncc3C#N)cc2s1. The van der Waals surface area contributed by atoms with E-state index in [-0.39, 0.29) is 10.8 Å². The van der Waals surface area contributed by atoms with Crippen LogP contribution in [-0.4, -0.2) is 4.98 Å². The van der Waals surface area contributed by atoms with Gasteiger partial charge in [-0.15, -0.1) is 11.3 Å². The minimum atomic E-state index is 0.00000768. The fourth-order valence-electron chi connectivity index (χ4n) is 4.88. The second-order valence-electron chi connectivity index (χ2n) is 11.9. The number of benzene rings is 3. The molecule has 2 nitrogen and oxygen atoms in total. The zero-order valence-electron chi connectivity index (χ0n) is 21.9. The van der Waals surface area contributed by atoms with Crippen LogP contribution in [0.4, 0.5) is 0 Å². The predicted octanol–water partition coefficient (Wildman–Crippen LogP) is 9.54. The molecular formula is C33H32N2S. The summed E-state index contributed by atoms with van der Waals surface area (Å²) in [6.45, 7) is 13.6. The number of aromatic nitrogens is 1. The Morgan fingerprint density at radius 3 is 2.33 bits per heavy atom. The normalized spacial score (nSPS) is 12.2. The van der Waals surface area contributed by atoms with Crippen molar-refractivity contribution in [3.05, 3.63) is 88.9 Å². The molecule has 0 bridgehead atoms. The Hall–Kier alpha value is -3.48. The third-order valence-electron chi connectivity index (χ3n) is 6.58. The van der Waals surface area contributed by atoms with Gasteiger partial charge in [-0.25, -0.2) is 0 Å². The lowest BCUT2D eigenvalue weighted by atomic mass is 9.82. The van der Waals surface area contributed by atoms with Crippen LogP contribution in [0.15, 0.2) is 72.9 Å². The second-order valence-corrected chi connectivity index (χ2v) is 13.1. The van der Waals surface area contributed by atoms with Crippen LogP contribution in [0.25, 0.3) is 43.2 Å². The standard InChI is InChI=1S/C33H32N2S/c1-32(2,3)18-26-14-23-12-11-22(16-31(23)36-26)28-17-30(35-20-25(28)19-34)24-13-21-9-7-8-10-27(21)29(15-24)33(4,5)6/h7-17,20H,18H2,1-6H3. The van der Waals surface area contributed by atoms with Crippen LogP contribution in [0.5, 0.6) is 0 Å². The van der Waals surface area contributed by atoms with Gasteiger partial charge in [0.05, 0.1) is 11.3 Å². The number of thiophene rings is 1. The number of nitriles is 1. The lowest BCUT2D eigenvalue weighted by molar-refractivity contribution is 0.415. The number of hydrogen-bond acceptors (Lipinski definition) is 3. The monoisotopic (exact) mass is 488 g/mol. The van der Waals surface area contributed by atoms with E-state index in [0.29, 0.717) is 5.56 Å². The fourth-order valence-corrected chi connectivity index (χ4v) is 6.29. The van der Waals surface area contributed by atoms with Crippen molar-refractivity contribution in [3.8, 4) is 28.5 Å². The van der Waals surface area contributed by atoms with Gasteiger partial charge < -0.3 is 0 Å². The van der Waals surface area contributed by atoms with E-state index in [1.807, 2.05) is 11.3 Å². The summed E-state index contributed by atoms with van der Waals surface area (Å²) >= 11 is 1.85. The fraction of sp³-hybridized carbons (Fsp3) is 0.273. The van der Waals surface area contributed by atoms with Crippen molar-refractivity contribution in [3.63, 3.8) is 0 Å². The van der Waals surface area contributed by atoms with Crippen LogP contribution in [0.1, 0.15) is 57.5 Å². The molecule has 5 aromatic rings. The summed E-state index contributed by atoms with van der Waals surface area (Å²) in [5.41, 5.74) is 6.11. The van der Waals surface area contributed by atoms with E-state index < -0.39 is 0 Å². The summed E-state index contributed by atoms with van der Waals surface area (Å²) in [4.78, 5) is 6.12. The van der Waals surface area contributed by atoms with E-state index in [2.05, 4.69) is 114 Å². The molecule has 0 radical (unpaired) electrons. The van der Waals surface area contributed by atoms with Gasteiger partial charge in [0.1, 0.15) is 6.07 Å². The highest BCUT2D eigenvalue weighted by atomic mass is 32.1. The maximum atomic E-state index is 9.89. The minimum absolute atomic E-state index is 0.00000768. The van der Waals surface area contributed by atoms with Crippen LogP contribution >= 0.6 is 11.3 Å². The number of nitrogens with zero attached hydrogens (tertiary/aromatic N) is 2. The minimum Gasteiger partial charge on any atom is -0.255 e. The molecule has 0 saturated carbocycles. The van der Waals surface area contributed by atoms with Crippen molar-refractivity contribution in [2.45, 2.75) is 53.4 Å². The van der Waals surface area contributed by atoms with Crippen LogP contribution in [0.3, 0.4) is 0 Å². The van der Waals surface area contributed by atoms with E-state index in [1.54, 1.807) is 6.20 Å². The Labute approximate surface area is 218 Å². The summed E-state index contributed by atoms with van der Waals surface area (Å²) in [7, 11) is 0. The van der Waals surface area contributed by atoms with Crippen LogP contribution in [-0.2, 0) is 11.8 Å². The summed E-state index contributed by atoms with van der Waals surface area (Å²) in [6, 6.07) is 26.3. The number of pyridine rings is 1. The summed E-state index contributed by atoms with van der Waals surface area (Å²) in [6.07, 6.45) is 2.78. The molecule has 0 amide bonds. The summed E-state index contributed by atoms with van der Waals surface area (Å²) < 4.78 is 1.26. The van der Waals surface area contributed by atoms with Crippen molar-refractivity contribution in [1.29, 1.82) is 5.26 Å². The Balaban J connectivity index is 1.64. The van der Waals surface area contributed by atoms with Gasteiger partial charge in [0.25, 0.3) is 0 Å². The topological polar surface area (TPSA) is 36.7 Å². The van der Waals surface area contributed by atoms with Gasteiger partial charge in [-0.05, 0) is 74.9 Å². The highest BCUT2D eigenvalue weighted by Crippen LogP contribution is 2.37. The highest BCUT2D eigenvalue weighted by molar-refractivity contribution is 7.19. The Morgan fingerprint density at radius 1 is 0.833 bits per heavy atom. The van der Waals surface area contributed by atoms with E-state index >= 15 is 0 Å². The molecule has 2 heterocycles. The third kappa shape index (κ3) is 4.79.